The van der Waals surface area contributed by atoms with Crippen molar-refractivity contribution < 1.29 is 13.2 Å². The SMILES string of the molecule is CCNS(=O)(=O)c1cccc(C(=O)NCc2ccccc2Cl)c1. The van der Waals surface area contributed by atoms with E-state index in [9.17, 15) is 13.2 Å². The maximum Gasteiger partial charge on any atom is 0.251 e. The summed E-state index contributed by atoms with van der Waals surface area (Å²) in [6.45, 7) is 2.24. The van der Waals surface area contributed by atoms with E-state index in [-0.39, 0.29) is 29.5 Å². The Bertz CT molecular complexity index is 806. The van der Waals surface area contributed by atoms with Crippen LogP contribution in [-0.2, 0) is 16.6 Å². The predicted octanol–water partition coefficient (Wildman–Crippen LogP) is 2.57. The average molecular weight is 353 g/mol. The molecule has 0 radical (unpaired) electrons. The number of hydrogen-bond acceptors (Lipinski definition) is 3. The van der Waals surface area contributed by atoms with Gasteiger partial charge in [0.1, 0.15) is 0 Å². The molecule has 23 heavy (non-hydrogen) atoms. The van der Waals surface area contributed by atoms with Crippen molar-refractivity contribution in [1.29, 1.82) is 0 Å². The van der Waals surface area contributed by atoms with E-state index < -0.39 is 10.0 Å². The highest BCUT2D eigenvalue weighted by Gasteiger charge is 2.15. The number of benzene rings is 2. The Balaban J connectivity index is 2.13. The molecule has 0 aromatic heterocycles. The second-order valence-electron chi connectivity index (χ2n) is 4.80. The molecule has 5 nitrogen and oxygen atoms in total. The summed E-state index contributed by atoms with van der Waals surface area (Å²) in [5.74, 6) is -0.363. The van der Waals surface area contributed by atoms with Gasteiger partial charge in [-0.2, -0.15) is 0 Å². The maximum atomic E-state index is 12.2. The fraction of sp³-hybridized carbons (Fsp3) is 0.188. The zero-order valence-electron chi connectivity index (χ0n) is 12.5. The molecule has 122 valence electrons. The Morgan fingerprint density at radius 2 is 1.87 bits per heavy atom. The molecule has 0 atom stereocenters. The first-order chi connectivity index (χ1) is 10.9. The van der Waals surface area contributed by atoms with Crippen LogP contribution in [0, 0.1) is 0 Å². The average Bonchev–Trinajstić information content (AvgIpc) is 2.54. The number of carbonyl (C=O) groups is 1. The molecule has 0 unspecified atom stereocenters. The Labute approximate surface area is 140 Å². The van der Waals surface area contributed by atoms with E-state index in [1.54, 1.807) is 19.1 Å². The molecular weight excluding hydrogens is 336 g/mol. The lowest BCUT2D eigenvalue weighted by molar-refractivity contribution is 0.0950. The lowest BCUT2D eigenvalue weighted by atomic mass is 10.2. The van der Waals surface area contributed by atoms with Gasteiger partial charge in [-0.15, -0.1) is 0 Å². The first-order valence-corrected chi connectivity index (χ1v) is 8.91. The van der Waals surface area contributed by atoms with Crippen LogP contribution >= 0.6 is 11.6 Å². The third-order valence-corrected chi connectivity index (χ3v) is 5.05. The van der Waals surface area contributed by atoms with Gasteiger partial charge >= 0.3 is 0 Å². The van der Waals surface area contributed by atoms with E-state index in [1.807, 2.05) is 18.2 Å². The number of halogens is 1. The summed E-state index contributed by atoms with van der Waals surface area (Å²) in [7, 11) is -3.59. The van der Waals surface area contributed by atoms with Crippen LogP contribution in [0.4, 0.5) is 0 Å². The first-order valence-electron chi connectivity index (χ1n) is 7.05. The van der Waals surface area contributed by atoms with Crippen molar-refractivity contribution in [3.63, 3.8) is 0 Å². The van der Waals surface area contributed by atoms with Crippen molar-refractivity contribution in [3.8, 4) is 0 Å². The monoisotopic (exact) mass is 352 g/mol. The second-order valence-corrected chi connectivity index (χ2v) is 6.98. The molecule has 0 aliphatic rings. The molecule has 2 rings (SSSR count). The molecule has 1 amide bonds. The van der Waals surface area contributed by atoms with Crippen molar-refractivity contribution in [3.05, 3.63) is 64.7 Å². The van der Waals surface area contributed by atoms with E-state index in [1.165, 1.54) is 18.2 Å². The quantitative estimate of drug-likeness (QED) is 0.839. The maximum absolute atomic E-state index is 12.2. The van der Waals surface area contributed by atoms with Crippen LogP contribution in [-0.4, -0.2) is 20.9 Å². The summed E-state index contributed by atoms with van der Waals surface area (Å²) < 4.78 is 26.3. The normalized spacial score (nSPS) is 11.2. The van der Waals surface area contributed by atoms with E-state index in [0.717, 1.165) is 5.56 Å². The van der Waals surface area contributed by atoms with Crippen LogP contribution in [0.3, 0.4) is 0 Å². The third-order valence-electron chi connectivity index (χ3n) is 3.14. The summed E-state index contributed by atoms with van der Waals surface area (Å²) in [4.78, 5) is 12.3. The summed E-state index contributed by atoms with van der Waals surface area (Å²) in [6.07, 6.45) is 0. The van der Waals surface area contributed by atoms with Crippen LogP contribution in [0.1, 0.15) is 22.8 Å². The van der Waals surface area contributed by atoms with Crippen LogP contribution in [0.25, 0.3) is 0 Å². The zero-order chi connectivity index (χ0) is 16.9. The summed E-state index contributed by atoms with van der Waals surface area (Å²) >= 11 is 6.03. The molecule has 2 aromatic carbocycles. The fourth-order valence-electron chi connectivity index (χ4n) is 2.00. The van der Waals surface area contributed by atoms with Gasteiger partial charge in [0.25, 0.3) is 5.91 Å². The minimum atomic E-state index is -3.59. The van der Waals surface area contributed by atoms with Crippen LogP contribution < -0.4 is 10.0 Å². The Morgan fingerprint density at radius 3 is 2.57 bits per heavy atom. The highest BCUT2D eigenvalue weighted by atomic mass is 35.5. The standard InChI is InChI=1S/C16H17ClN2O3S/c1-2-19-23(21,22)14-8-5-7-12(10-14)16(20)18-11-13-6-3-4-9-15(13)17/h3-10,19H,2,11H2,1H3,(H,18,20). The van der Waals surface area contributed by atoms with Crippen molar-refractivity contribution in [2.24, 2.45) is 0 Å². The molecular formula is C16H17ClN2O3S. The molecule has 7 heteroatoms. The summed E-state index contributed by atoms with van der Waals surface area (Å²) in [6, 6.07) is 13.1. The van der Waals surface area contributed by atoms with Gasteiger partial charge in [-0.3, -0.25) is 4.79 Å². The topological polar surface area (TPSA) is 75.3 Å². The molecule has 0 heterocycles. The minimum Gasteiger partial charge on any atom is -0.348 e. The molecule has 2 aromatic rings. The molecule has 0 aliphatic heterocycles. The molecule has 0 bridgehead atoms. The van der Waals surface area contributed by atoms with Gasteiger partial charge in [0.05, 0.1) is 4.90 Å². The zero-order valence-corrected chi connectivity index (χ0v) is 14.1. The van der Waals surface area contributed by atoms with Crippen molar-refractivity contribution in [2.45, 2.75) is 18.4 Å². The van der Waals surface area contributed by atoms with E-state index >= 15 is 0 Å². The minimum absolute atomic E-state index is 0.0599. The van der Waals surface area contributed by atoms with Gasteiger partial charge in [0.15, 0.2) is 0 Å². The van der Waals surface area contributed by atoms with Crippen molar-refractivity contribution in [1.82, 2.24) is 10.0 Å². The Morgan fingerprint density at radius 1 is 1.13 bits per heavy atom. The van der Waals surface area contributed by atoms with E-state index in [4.69, 9.17) is 11.6 Å². The second kappa shape index (κ2) is 7.59. The molecule has 0 saturated heterocycles. The van der Waals surface area contributed by atoms with Gasteiger partial charge in [0, 0.05) is 23.7 Å². The lowest BCUT2D eigenvalue weighted by Gasteiger charge is -2.09. The molecule has 0 spiro atoms. The van der Waals surface area contributed by atoms with Gasteiger partial charge in [0.2, 0.25) is 10.0 Å². The molecule has 2 N–H and O–H groups in total. The number of nitrogens with one attached hydrogen (secondary N) is 2. The number of amides is 1. The Kier molecular flexibility index (Phi) is 5.76. The summed E-state index contributed by atoms with van der Waals surface area (Å²) in [5.41, 5.74) is 1.06. The van der Waals surface area contributed by atoms with E-state index in [0.29, 0.717) is 5.02 Å². The third kappa shape index (κ3) is 4.54. The van der Waals surface area contributed by atoms with Gasteiger partial charge in [-0.25, -0.2) is 13.1 Å². The molecule has 0 fully saturated rings. The highest BCUT2D eigenvalue weighted by molar-refractivity contribution is 7.89. The van der Waals surface area contributed by atoms with E-state index in [2.05, 4.69) is 10.0 Å². The van der Waals surface area contributed by atoms with Gasteiger partial charge in [-0.05, 0) is 29.8 Å². The smallest absolute Gasteiger partial charge is 0.251 e. The fourth-order valence-corrected chi connectivity index (χ4v) is 3.29. The highest BCUT2D eigenvalue weighted by Crippen LogP contribution is 2.15. The number of carbonyl (C=O) groups excluding carboxylic acids is 1. The largest absolute Gasteiger partial charge is 0.348 e. The van der Waals surface area contributed by atoms with Crippen LogP contribution in [0.15, 0.2) is 53.4 Å². The van der Waals surface area contributed by atoms with Gasteiger partial charge in [-0.1, -0.05) is 42.8 Å². The van der Waals surface area contributed by atoms with Crippen molar-refractivity contribution in [2.75, 3.05) is 6.54 Å². The Hall–Kier alpha value is -1.89. The van der Waals surface area contributed by atoms with Crippen LogP contribution in [0.2, 0.25) is 5.02 Å². The number of rotatable bonds is 6. The van der Waals surface area contributed by atoms with Crippen molar-refractivity contribution >= 4 is 27.5 Å². The molecule has 0 aliphatic carbocycles. The predicted molar refractivity (Wildman–Crippen MR) is 89.9 cm³/mol. The first kappa shape index (κ1) is 17.5. The number of sulfonamides is 1. The number of hydrogen-bond donors (Lipinski definition) is 2. The molecule has 0 saturated carbocycles. The van der Waals surface area contributed by atoms with Gasteiger partial charge < -0.3 is 5.32 Å². The summed E-state index contributed by atoms with van der Waals surface area (Å²) in [5, 5.41) is 3.29. The van der Waals surface area contributed by atoms with Crippen LogP contribution in [0.5, 0.6) is 0 Å². The lowest BCUT2D eigenvalue weighted by Crippen LogP contribution is -2.25.